The van der Waals surface area contributed by atoms with Gasteiger partial charge in [-0.1, -0.05) is 6.07 Å². The van der Waals surface area contributed by atoms with Crippen molar-refractivity contribution in [1.82, 2.24) is 14.9 Å². The SMILES string of the molecule is O=C(c1cccs1)N1CCN(c2cnccn2)CC1. The molecule has 0 bridgehead atoms. The van der Waals surface area contributed by atoms with E-state index in [0.717, 1.165) is 36.9 Å². The molecule has 0 atom stereocenters. The van der Waals surface area contributed by atoms with Gasteiger partial charge in [-0.25, -0.2) is 4.98 Å². The van der Waals surface area contributed by atoms with Crippen molar-refractivity contribution in [1.29, 1.82) is 0 Å². The number of anilines is 1. The summed E-state index contributed by atoms with van der Waals surface area (Å²) in [7, 11) is 0. The van der Waals surface area contributed by atoms with Gasteiger partial charge in [0.25, 0.3) is 5.91 Å². The van der Waals surface area contributed by atoms with Crippen LogP contribution in [0.2, 0.25) is 0 Å². The zero-order valence-electron chi connectivity index (χ0n) is 10.4. The summed E-state index contributed by atoms with van der Waals surface area (Å²) >= 11 is 1.49. The fraction of sp³-hybridized carbons (Fsp3) is 0.308. The van der Waals surface area contributed by atoms with Crippen molar-refractivity contribution in [2.24, 2.45) is 0 Å². The molecule has 2 aromatic heterocycles. The average molecular weight is 274 g/mol. The van der Waals surface area contributed by atoms with Crippen molar-refractivity contribution in [3.63, 3.8) is 0 Å². The van der Waals surface area contributed by atoms with Crippen molar-refractivity contribution in [2.75, 3.05) is 31.1 Å². The minimum atomic E-state index is 0.133. The first-order chi connectivity index (χ1) is 9.34. The summed E-state index contributed by atoms with van der Waals surface area (Å²) in [5.41, 5.74) is 0. The Kier molecular flexibility index (Phi) is 3.41. The van der Waals surface area contributed by atoms with E-state index in [1.165, 1.54) is 11.3 Å². The number of hydrogen-bond acceptors (Lipinski definition) is 5. The number of rotatable bonds is 2. The van der Waals surface area contributed by atoms with E-state index < -0.39 is 0 Å². The monoisotopic (exact) mass is 274 g/mol. The second-order valence-corrected chi connectivity index (χ2v) is 5.27. The van der Waals surface area contributed by atoms with Crippen LogP contribution < -0.4 is 4.90 Å². The van der Waals surface area contributed by atoms with Gasteiger partial charge in [0.05, 0.1) is 11.1 Å². The Hall–Kier alpha value is -1.95. The Bertz CT molecular complexity index is 535. The smallest absolute Gasteiger partial charge is 0.264 e. The molecule has 1 aliphatic heterocycles. The van der Waals surface area contributed by atoms with Crippen molar-refractivity contribution < 1.29 is 4.79 Å². The highest BCUT2D eigenvalue weighted by atomic mass is 32.1. The molecule has 5 nitrogen and oxygen atoms in total. The molecule has 3 heterocycles. The predicted molar refractivity (Wildman–Crippen MR) is 74.5 cm³/mol. The molecular formula is C13H14N4OS. The molecule has 0 saturated carbocycles. The highest BCUT2D eigenvalue weighted by Gasteiger charge is 2.23. The van der Waals surface area contributed by atoms with Crippen LogP contribution in [0.5, 0.6) is 0 Å². The summed E-state index contributed by atoms with van der Waals surface area (Å²) in [6, 6.07) is 3.79. The number of amides is 1. The van der Waals surface area contributed by atoms with Gasteiger partial charge in [0.15, 0.2) is 0 Å². The van der Waals surface area contributed by atoms with E-state index in [2.05, 4.69) is 14.9 Å². The molecule has 0 N–H and O–H groups in total. The van der Waals surface area contributed by atoms with Gasteiger partial charge >= 0.3 is 0 Å². The average Bonchev–Trinajstić information content (AvgIpc) is 3.02. The molecule has 6 heteroatoms. The number of hydrogen-bond donors (Lipinski definition) is 0. The van der Waals surface area contributed by atoms with Crippen molar-refractivity contribution in [2.45, 2.75) is 0 Å². The number of thiophene rings is 1. The molecule has 19 heavy (non-hydrogen) atoms. The lowest BCUT2D eigenvalue weighted by molar-refractivity contribution is 0.0751. The van der Waals surface area contributed by atoms with E-state index in [0.29, 0.717) is 0 Å². The van der Waals surface area contributed by atoms with Crippen LogP contribution in [0.3, 0.4) is 0 Å². The summed E-state index contributed by atoms with van der Waals surface area (Å²) in [5, 5.41) is 1.93. The first kappa shape index (κ1) is 12.1. The maximum atomic E-state index is 12.2. The highest BCUT2D eigenvalue weighted by Crippen LogP contribution is 2.16. The van der Waals surface area contributed by atoms with E-state index in [1.54, 1.807) is 18.6 Å². The predicted octanol–water partition coefficient (Wildman–Crippen LogP) is 1.50. The number of piperazine rings is 1. The van der Waals surface area contributed by atoms with Gasteiger partial charge in [-0.15, -0.1) is 11.3 Å². The van der Waals surface area contributed by atoms with Crippen LogP contribution in [0.1, 0.15) is 9.67 Å². The van der Waals surface area contributed by atoms with Gasteiger partial charge in [-0.3, -0.25) is 9.78 Å². The van der Waals surface area contributed by atoms with E-state index in [-0.39, 0.29) is 5.91 Å². The minimum Gasteiger partial charge on any atom is -0.352 e. The molecule has 2 aromatic rings. The molecule has 0 aromatic carbocycles. The Morgan fingerprint density at radius 1 is 1.21 bits per heavy atom. The second-order valence-electron chi connectivity index (χ2n) is 4.32. The molecule has 1 amide bonds. The maximum Gasteiger partial charge on any atom is 0.264 e. The topological polar surface area (TPSA) is 49.3 Å². The lowest BCUT2D eigenvalue weighted by Crippen LogP contribution is -2.48. The molecule has 1 aliphatic rings. The first-order valence-corrected chi connectivity index (χ1v) is 7.06. The van der Waals surface area contributed by atoms with Crippen LogP contribution in [0.4, 0.5) is 5.82 Å². The van der Waals surface area contributed by atoms with Gasteiger partial charge in [0.2, 0.25) is 0 Å². The molecule has 0 radical (unpaired) electrons. The Balaban J connectivity index is 1.62. The fourth-order valence-electron chi connectivity index (χ4n) is 2.15. The third kappa shape index (κ3) is 2.58. The number of carbonyl (C=O) groups is 1. The molecule has 1 fully saturated rings. The van der Waals surface area contributed by atoms with Crippen LogP contribution in [-0.2, 0) is 0 Å². The lowest BCUT2D eigenvalue weighted by Gasteiger charge is -2.35. The van der Waals surface area contributed by atoms with E-state index >= 15 is 0 Å². The minimum absolute atomic E-state index is 0.133. The molecule has 0 unspecified atom stereocenters. The molecule has 1 saturated heterocycles. The number of carbonyl (C=O) groups excluding carboxylic acids is 1. The van der Waals surface area contributed by atoms with Crippen molar-refractivity contribution in [3.05, 3.63) is 41.0 Å². The van der Waals surface area contributed by atoms with E-state index in [4.69, 9.17) is 0 Å². The van der Waals surface area contributed by atoms with E-state index in [1.807, 2.05) is 22.4 Å². The number of nitrogens with zero attached hydrogens (tertiary/aromatic N) is 4. The van der Waals surface area contributed by atoms with Crippen molar-refractivity contribution in [3.8, 4) is 0 Å². The first-order valence-electron chi connectivity index (χ1n) is 6.18. The molecule has 0 spiro atoms. The maximum absolute atomic E-state index is 12.2. The standard InChI is InChI=1S/C13H14N4OS/c18-13(11-2-1-9-19-11)17-7-5-16(6-8-17)12-10-14-3-4-15-12/h1-4,9-10H,5-8H2. The van der Waals surface area contributed by atoms with Crippen LogP contribution in [0.15, 0.2) is 36.1 Å². The number of aromatic nitrogens is 2. The summed E-state index contributed by atoms with van der Waals surface area (Å²) in [5.74, 6) is 1.01. The Morgan fingerprint density at radius 2 is 2.05 bits per heavy atom. The summed E-state index contributed by atoms with van der Waals surface area (Å²) in [6.45, 7) is 3.06. The Morgan fingerprint density at radius 3 is 2.68 bits per heavy atom. The van der Waals surface area contributed by atoms with Crippen LogP contribution >= 0.6 is 11.3 Å². The van der Waals surface area contributed by atoms with Crippen LogP contribution in [0, 0.1) is 0 Å². The van der Waals surface area contributed by atoms with Gasteiger partial charge in [-0.05, 0) is 11.4 Å². The van der Waals surface area contributed by atoms with Gasteiger partial charge in [0, 0.05) is 38.6 Å². The zero-order valence-corrected chi connectivity index (χ0v) is 11.2. The van der Waals surface area contributed by atoms with Crippen LogP contribution in [-0.4, -0.2) is 47.0 Å². The largest absolute Gasteiger partial charge is 0.352 e. The summed E-state index contributed by atoms with van der Waals surface area (Å²) < 4.78 is 0. The lowest BCUT2D eigenvalue weighted by atomic mass is 10.3. The molecular weight excluding hydrogens is 260 g/mol. The normalized spacial score (nSPS) is 15.6. The van der Waals surface area contributed by atoms with Gasteiger partial charge in [0.1, 0.15) is 5.82 Å². The Labute approximate surface area is 115 Å². The second kappa shape index (κ2) is 5.36. The molecule has 0 aliphatic carbocycles. The van der Waals surface area contributed by atoms with E-state index in [9.17, 15) is 4.79 Å². The molecule has 3 rings (SSSR count). The third-order valence-corrected chi connectivity index (χ3v) is 4.03. The van der Waals surface area contributed by atoms with Gasteiger partial charge < -0.3 is 9.80 Å². The van der Waals surface area contributed by atoms with Crippen molar-refractivity contribution >= 4 is 23.1 Å². The third-order valence-electron chi connectivity index (χ3n) is 3.17. The zero-order chi connectivity index (χ0) is 13.1. The van der Waals surface area contributed by atoms with Gasteiger partial charge in [-0.2, -0.15) is 0 Å². The summed E-state index contributed by atoms with van der Waals surface area (Å²) in [6.07, 6.45) is 5.12. The highest BCUT2D eigenvalue weighted by molar-refractivity contribution is 7.12. The van der Waals surface area contributed by atoms with Crippen LogP contribution in [0.25, 0.3) is 0 Å². The quantitative estimate of drug-likeness (QED) is 0.832. The molecule has 98 valence electrons. The fourth-order valence-corrected chi connectivity index (χ4v) is 2.84. The summed E-state index contributed by atoms with van der Waals surface area (Å²) in [4.78, 5) is 25.4.